The summed E-state index contributed by atoms with van der Waals surface area (Å²) < 4.78 is 18.2. The minimum atomic E-state index is -0.0277. The van der Waals surface area contributed by atoms with Gasteiger partial charge in [-0.3, -0.25) is 9.59 Å². The van der Waals surface area contributed by atoms with Crippen molar-refractivity contribution in [2.45, 2.75) is 104 Å². The molecule has 8 bridgehead atoms. The molecule has 5 heteroatoms. The van der Waals surface area contributed by atoms with Crippen LogP contribution in [0, 0.1) is 70.5 Å². The van der Waals surface area contributed by atoms with Crippen molar-refractivity contribution < 1.29 is 23.8 Å². The molecule has 0 radical (unpaired) electrons. The Balaban J connectivity index is 0.927. The highest BCUT2D eigenvalue weighted by atomic mass is 16.7. The standard InChI is InChI=1S/C31H46O5/c1-31(2,3)5-4-26(32)36-25-14-19-13-24(25)28-22-11-18(27(19)28)12-23(22)30(33)35-15-34-29-20-7-16-6-17(9-20)10-21(29)8-16/h16-25,27-29H,4-15H2,1-3H3. The molecule has 5 nitrogen and oxygen atoms in total. The number of fused-ring (bicyclic) bond motifs is 9. The van der Waals surface area contributed by atoms with Gasteiger partial charge in [-0.05, 0) is 129 Å². The van der Waals surface area contributed by atoms with Crippen molar-refractivity contribution in [2.24, 2.45) is 70.5 Å². The summed E-state index contributed by atoms with van der Waals surface area (Å²) in [6, 6.07) is 0. The maximum absolute atomic E-state index is 13.2. The van der Waals surface area contributed by atoms with E-state index in [-0.39, 0.29) is 36.2 Å². The number of rotatable bonds is 7. The number of carbonyl (C=O) groups excluding carboxylic acids is 2. The molecule has 0 aromatic rings. The Kier molecular flexibility index (Phi) is 5.80. The molecule has 0 heterocycles. The molecule has 8 saturated carbocycles. The van der Waals surface area contributed by atoms with Gasteiger partial charge < -0.3 is 14.2 Å². The first kappa shape index (κ1) is 24.0. The number of carbonyl (C=O) groups is 2. The molecule has 0 saturated heterocycles. The molecule has 0 aliphatic heterocycles. The molecule has 0 aromatic carbocycles. The van der Waals surface area contributed by atoms with Gasteiger partial charge in [0.25, 0.3) is 0 Å². The second-order valence-corrected chi connectivity index (χ2v) is 15.3. The quantitative estimate of drug-likeness (QED) is 0.245. The van der Waals surface area contributed by atoms with Crippen LogP contribution in [0.3, 0.4) is 0 Å². The smallest absolute Gasteiger partial charge is 0.311 e. The molecule has 8 rings (SSSR count). The summed E-state index contributed by atoms with van der Waals surface area (Å²) in [6.45, 7) is 6.66. The van der Waals surface area contributed by atoms with Crippen LogP contribution in [0.2, 0.25) is 0 Å². The lowest BCUT2D eigenvalue weighted by molar-refractivity contribution is -0.192. The largest absolute Gasteiger partial charge is 0.462 e. The van der Waals surface area contributed by atoms with Crippen LogP contribution in [0.4, 0.5) is 0 Å². The molecule has 36 heavy (non-hydrogen) atoms. The van der Waals surface area contributed by atoms with E-state index < -0.39 is 0 Å². The van der Waals surface area contributed by atoms with E-state index in [1.807, 2.05) is 0 Å². The van der Waals surface area contributed by atoms with E-state index >= 15 is 0 Å². The van der Waals surface area contributed by atoms with Gasteiger partial charge in [0.05, 0.1) is 12.0 Å². The van der Waals surface area contributed by atoms with E-state index in [9.17, 15) is 9.59 Å². The van der Waals surface area contributed by atoms with E-state index in [0.717, 1.165) is 37.0 Å². The predicted octanol–water partition coefficient (Wildman–Crippen LogP) is 5.99. The van der Waals surface area contributed by atoms with Crippen LogP contribution in [0.15, 0.2) is 0 Å². The van der Waals surface area contributed by atoms with Gasteiger partial charge in [-0.25, -0.2) is 0 Å². The van der Waals surface area contributed by atoms with E-state index in [0.29, 0.717) is 54.0 Å². The third kappa shape index (κ3) is 4.05. The first-order valence-electron chi connectivity index (χ1n) is 15.2. The molecule has 8 unspecified atom stereocenters. The molecule has 8 atom stereocenters. The average molecular weight is 499 g/mol. The second-order valence-electron chi connectivity index (χ2n) is 15.3. The third-order valence-electron chi connectivity index (χ3n) is 12.0. The third-order valence-corrected chi connectivity index (χ3v) is 12.0. The molecule has 0 amide bonds. The van der Waals surface area contributed by atoms with E-state index in [1.54, 1.807) is 0 Å². The Labute approximate surface area is 216 Å². The molecule has 8 fully saturated rings. The normalized spacial score (nSPS) is 49.5. The maximum Gasteiger partial charge on any atom is 0.311 e. The van der Waals surface area contributed by atoms with Gasteiger partial charge in [0.2, 0.25) is 0 Å². The first-order valence-corrected chi connectivity index (χ1v) is 15.2. The molecular formula is C31H46O5. The highest BCUT2D eigenvalue weighted by Crippen LogP contribution is 2.69. The molecule has 8 aliphatic carbocycles. The highest BCUT2D eigenvalue weighted by Gasteiger charge is 2.66. The topological polar surface area (TPSA) is 61.8 Å². The Morgan fingerprint density at radius 1 is 0.750 bits per heavy atom. The van der Waals surface area contributed by atoms with Gasteiger partial charge in [-0.2, -0.15) is 0 Å². The second kappa shape index (κ2) is 8.71. The molecule has 0 aromatic heterocycles. The van der Waals surface area contributed by atoms with Gasteiger partial charge in [-0.1, -0.05) is 20.8 Å². The Morgan fingerprint density at radius 2 is 1.42 bits per heavy atom. The summed E-state index contributed by atoms with van der Waals surface area (Å²) in [5, 5.41) is 0. The van der Waals surface area contributed by atoms with Crippen molar-refractivity contribution in [3.05, 3.63) is 0 Å². The number of hydrogen-bond donors (Lipinski definition) is 0. The minimum Gasteiger partial charge on any atom is -0.462 e. The van der Waals surface area contributed by atoms with E-state index in [1.165, 1.54) is 44.9 Å². The Bertz CT molecular complexity index is 862. The van der Waals surface area contributed by atoms with E-state index in [2.05, 4.69) is 20.8 Å². The number of esters is 2. The van der Waals surface area contributed by atoms with Crippen LogP contribution >= 0.6 is 0 Å². The highest BCUT2D eigenvalue weighted by molar-refractivity contribution is 5.73. The fourth-order valence-electron chi connectivity index (χ4n) is 11.1. The SMILES string of the molecule is CC(C)(C)CCC(=O)OC1CC2CC1C1C3CC(CC3C(=O)OCOC3C4CC5CC(C4)CC3C5)C21. The fourth-order valence-corrected chi connectivity index (χ4v) is 11.1. The van der Waals surface area contributed by atoms with Crippen molar-refractivity contribution >= 4 is 11.9 Å². The van der Waals surface area contributed by atoms with Gasteiger partial charge in [0.1, 0.15) is 6.10 Å². The summed E-state index contributed by atoms with van der Waals surface area (Å²) in [4.78, 5) is 25.8. The fraction of sp³-hybridized carbons (Fsp3) is 0.935. The summed E-state index contributed by atoms with van der Waals surface area (Å²) in [5.41, 5.74) is 0.150. The summed E-state index contributed by atoms with van der Waals surface area (Å²) in [7, 11) is 0. The summed E-state index contributed by atoms with van der Waals surface area (Å²) in [5.74, 6) is 6.74. The minimum absolute atomic E-state index is 0.0220. The van der Waals surface area contributed by atoms with Crippen LogP contribution in [-0.4, -0.2) is 30.9 Å². The molecule has 200 valence electrons. The number of ether oxygens (including phenoxy) is 3. The lowest BCUT2D eigenvalue weighted by Gasteiger charge is -2.53. The van der Waals surface area contributed by atoms with Gasteiger partial charge >= 0.3 is 11.9 Å². The monoisotopic (exact) mass is 498 g/mol. The zero-order chi connectivity index (χ0) is 24.8. The van der Waals surface area contributed by atoms with Crippen molar-refractivity contribution in [2.75, 3.05) is 6.79 Å². The van der Waals surface area contributed by atoms with Crippen LogP contribution in [-0.2, 0) is 23.8 Å². The molecule has 0 N–H and O–H groups in total. The van der Waals surface area contributed by atoms with Crippen molar-refractivity contribution in [1.29, 1.82) is 0 Å². The molecule has 0 spiro atoms. The molecular weight excluding hydrogens is 452 g/mol. The zero-order valence-corrected chi connectivity index (χ0v) is 22.5. The van der Waals surface area contributed by atoms with Crippen molar-refractivity contribution in [1.82, 2.24) is 0 Å². The maximum atomic E-state index is 13.2. The zero-order valence-electron chi connectivity index (χ0n) is 22.5. The van der Waals surface area contributed by atoms with Crippen LogP contribution in [0.25, 0.3) is 0 Å². The van der Waals surface area contributed by atoms with Crippen molar-refractivity contribution in [3.8, 4) is 0 Å². The van der Waals surface area contributed by atoms with E-state index in [4.69, 9.17) is 14.2 Å². The average Bonchev–Trinajstić information content (AvgIpc) is 3.57. The van der Waals surface area contributed by atoms with Gasteiger partial charge in [0, 0.05) is 6.42 Å². The van der Waals surface area contributed by atoms with Crippen LogP contribution < -0.4 is 0 Å². The van der Waals surface area contributed by atoms with Crippen LogP contribution in [0.5, 0.6) is 0 Å². The predicted molar refractivity (Wildman–Crippen MR) is 134 cm³/mol. The Hall–Kier alpha value is -1.10. The summed E-state index contributed by atoms with van der Waals surface area (Å²) in [6.07, 6.45) is 12.9. The number of hydrogen-bond acceptors (Lipinski definition) is 5. The van der Waals surface area contributed by atoms with Gasteiger partial charge in [0.15, 0.2) is 6.79 Å². The molecule has 8 aliphatic rings. The van der Waals surface area contributed by atoms with Crippen LogP contribution in [0.1, 0.15) is 91.4 Å². The first-order chi connectivity index (χ1) is 17.2. The lowest BCUT2D eigenvalue weighted by atomic mass is 9.55. The lowest BCUT2D eigenvalue weighted by Crippen LogP contribution is -2.49. The Morgan fingerprint density at radius 3 is 2.11 bits per heavy atom. The summed E-state index contributed by atoms with van der Waals surface area (Å²) >= 11 is 0. The van der Waals surface area contributed by atoms with Crippen molar-refractivity contribution in [3.63, 3.8) is 0 Å². The van der Waals surface area contributed by atoms with Gasteiger partial charge in [-0.15, -0.1) is 0 Å².